The van der Waals surface area contributed by atoms with Gasteiger partial charge in [0.25, 0.3) is 0 Å². The first-order valence-corrected chi connectivity index (χ1v) is 11.2. The summed E-state index contributed by atoms with van der Waals surface area (Å²) in [5.41, 5.74) is 1.27. The number of aromatic carboxylic acids is 1. The van der Waals surface area contributed by atoms with Crippen molar-refractivity contribution in [1.82, 2.24) is 0 Å². The summed E-state index contributed by atoms with van der Waals surface area (Å²) in [6.07, 6.45) is 17.2. The number of aryl methyl sites for hydroxylation is 1. The van der Waals surface area contributed by atoms with Crippen LogP contribution in [0.25, 0.3) is 0 Å². The molecule has 0 saturated heterocycles. The zero-order valence-electron chi connectivity index (χ0n) is 18.1. The van der Waals surface area contributed by atoms with Crippen LogP contribution in [0.2, 0.25) is 0 Å². The molecule has 0 amide bonds. The maximum atomic E-state index is 10.2. The smallest absolute Gasteiger partial charge is 0.0755 e. The van der Waals surface area contributed by atoms with E-state index in [0.29, 0.717) is 0 Å². The van der Waals surface area contributed by atoms with Gasteiger partial charge in [-0.2, -0.15) is 0 Å². The van der Waals surface area contributed by atoms with Gasteiger partial charge in [-0.3, -0.25) is 0 Å². The Labute approximate surface area is 168 Å². The number of carboxylic acid groups (broad SMARTS) is 1. The first kappa shape index (κ1) is 25.6. The molecule has 0 aliphatic heterocycles. The number of benzene rings is 1. The lowest BCUT2D eigenvalue weighted by Gasteiger charge is -2.02. The number of carboxylic acids is 1. The Morgan fingerprint density at radius 3 is 1.56 bits per heavy atom. The van der Waals surface area contributed by atoms with Gasteiger partial charge in [0.15, 0.2) is 0 Å². The zero-order chi connectivity index (χ0) is 20.2. The van der Waals surface area contributed by atoms with Crippen molar-refractivity contribution in [2.75, 3.05) is 13.1 Å². The fourth-order valence-electron chi connectivity index (χ4n) is 2.97. The third-order valence-corrected chi connectivity index (χ3v) is 4.81. The molecule has 0 atom stereocenters. The van der Waals surface area contributed by atoms with Crippen LogP contribution >= 0.6 is 0 Å². The average molecular weight is 378 g/mol. The van der Waals surface area contributed by atoms with E-state index in [0.717, 1.165) is 5.56 Å². The number of rotatable bonds is 15. The number of hydrogen-bond acceptors (Lipinski definition) is 2. The molecule has 27 heavy (non-hydrogen) atoms. The van der Waals surface area contributed by atoms with Crippen LogP contribution in [0, 0.1) is 6.92 Å². The molecule has 3 nitrogen and oxygen atoms in total. The van der Waals surface area contributed by atoms with Crippen LogP contribution < -0.4 is 10.4 Å². The summed E-state index contributed by atoms with van der Waals surface area (Å²) in [5.74, 6) is -1.12. The van der Waals surface area contributed by atoms with E-state index in [1.807, 2.05) is 6.92 Å². The minimum Gasteiger partial charge on any atom is -0.545 e. The summed E-state index contributed by atoms with van der Waals surface area (Å²) in [6, 6.07) is 6.55. The van der Waals surface area contributed by atoms with E-state index >= 15 is 0 Å². The second kappa shape index (κ2) is 19.4. The normalized spacial score (nSPS) is 10.3. The lowest BCUT2D eigenvalue weighted by molar-refractivity contribution is -0.655. The third-order valence-electron chi connectivity index (χ3n) is 4.81. The second-order valence-electron chi connectivity index (χ2n) is 7.56. The Morgan fingerprint density at radius 2 is 1.15 bits per heavy atom. The van der Waals surface area contributed by atoms with Gasteiger partial charge in [-0.25, -0.2) is 0 Å². The number of nitrogens with two attached hydrogens (primary N) is 1. The predicted molar refractivity (Wildman–Crippen MR) is 114 cm³/mol. The summed E-state index contributed by atoms with van der Waals surface area (Å²) < 4.78 is 0. The van der Waals surface area contributed by atoms with E-state index in [1.54, 1.807) is 12.1 Å². The molecular formula is C24H43NO2. The molecule has 0 heterocycles. The number of hydrogen-bond donors (Lipinski definition) is 1. The first-order chi connectivity index (χ1) is 13.1. The Morgan fingerprint density at radius 1 is 0.741 bits per heavy atom. The van der Waals surface area contributed by atoms with Crippen LogP contribution in [-0.4, -0.2) is 19.1 Å². The molecule has 2 N–H and O–H groups in total. The number of carbonyl (C=O) groups excluding carboxylic acids is 1. The van der Waals surface area contributed by atoms with Crippen molar-refractivity contribution in [1.29, 1.82) is 0 Å². The number of carbonyl (C=O) groups is 1. The van der Waals surface area contributed by atoms with Crippen LogP contribution in [0.4, 0.5) is 0 Å². The summed E-state index contributed by atoms with van der Waals surface area (Å²) in [5, 5.41) is 12.7. The van der Waals surface area contributed by atoms with E-state index in [-0.39, 0.29) is 5.56 Å². The Balaban J connectivity index is 0.000000569. The summed E-state index contributed by atoms with van der Waals surface area (Å²) in [6.45, 7) is 9.20. The Kier molecular flexibility index (Phi) is 18.4. The van der Waals surface area contributed by atoms with Crippen LogP contribution in [0.3, 0.4) is 0 Å². The van der Waals surface area contributed by atoms with E-state index in [2.05, 4.69) is 19.2 Å². The average Bonchev–Trinajstić information content (AvgIpc) is 2.66. The van der Waals surface area contributed by atoms with Crippen LogP contribution in [0.1, 0.15) is 107 Å². The van der Waals surface area contributed by atoms with E-state index in [4.69, 9.17) is 0 Å². The van der Waals surface area contributed by atoms with Gasteiger partial charge in [0.05, 0.1) is 19.1 Å². The molecule has 0 aliphatic rings. The summed E-state index contributed by atoms with van der Waals surface area (Å²) >= 11 is 0. The van der Waals surface area contributed by atoms with Gasteiger partial charge in [0.1, 0.15) is 0 Å². The summed E-state index contributed by atoms with van der Waals surface area (Å²) in [4.78, 5) is 10.2. The standard InChI is InChI=1S/C16H35N.C8H8O2/c1-3-5-7-9-11-13-15-17-16-14-12-10-8-6-4-2;1-6-2-4-7(5-3-6)8(9)10/h17H,3-16H2,1-2H3;2-5H,1H3,(H,9,10). The van der Waals surface area contributed by atoms with Crippen molar-refractivity contribution < 1.29 is 15.2 Å². The van der Waals surface area contributed by atoms with Gasteiger partial charge in [0.2, 0.25) is 0 Å². The first-order valence-electron chi connectivity index (χ1n) is 11.2. The molecule has 156 valence electrons. The van der Waals surface area contributed by atoms with Gasteiger partial charge >= 0.3 is 0 Å². The van der Waals surface area contributed by atoms with Crippen molar-refractivity contribution in [3.05, 3.63) is 35.4 Å². The monoisotopic (exact) mass is 377 g/mol. The van der Waals surface area contributed by atoms with E-state index in [9.17, 15) is 9.90 Å². The third kappa shape index (κ3) is 17.8. The number of quaternary nitrogens is 1. The van der Waals surface area contributed by atoms with Crippen molar-refractivity contribution in [2.24, 2.45) is 0 Å². The molecule has 0 fully saturated rings. The predicted octanol–water partition coefficient (Wildman–Crippen LogP) is 4.63. The second-order valence-corrected chi connectivity index (χ2v) is 7.56. The van der Waals surface area contributed by atoms with Gasteiger partial charge in [0, 0.05) is 0 Å². The lowest BCUT2D eigenvalue weighted by Crippen LogP contribution is -2.84. The highest BCUT2D eigenvalue weighted by Gasteiger charge is 1.94. The fourth-order valence-corrected chi connectivity index (χ4v) is 2.97. The maximum Gasteiger partial charge on any atom is 0.0755 e. The van der Waals surface area contributed by atoms with Gasteiger partial charge < -0.3 is 15.2 Å². The molecule has 3 heteroatoms. The molecular weight excluding hydrogens is 334 g/mol. The van der Waals surface area contributed by atoms with Crippen molar-refractivity contribution in [2.45, 2.75) is 97.8 Å². The largest absolute Gasteiger partial charge is 0.545 e. The highest BCUT2D eigenvalue weighted by molar-refractivity contribution is 5.85. The Bertz CT molecular complexity index is 428. The molecule has 0 unspecified atom stereocenters. The Hall–Kier alpha value is -1.35. The molecule has 1 aromatic rings. The summed E-state index contributed by atoms with van der Waals surface area (Å²) in [7, 11) is 0. The van der Waals surface area contributed by atoms with Crippen molar-refractivity contribution in [3.63, 3.8) is 0 Å². The molecule has 0 spiro atoms. The quantitative estimate of drug-likeness (QED) is 0.453. The van der Waals surface area contributed by atoms with Crippen LogP contribution in [0.5, 0.6) is 0 Å². The zero-order valence-corrected chi connectivity index (χ0v) is 18.1. The molecule has 0 bridgehead atoms. The van der Waals surface area contributed by atoms with Gasteiger partial charge in [-0.15, -0.1) is 0 Å². The topological polar surface area (TPSA) is 56.7 Å². The van der Waals surface area contributed by atoms with E-state index < -0.39 is 5.97 Å². The highest BCUT2D eigenvalue weighted by atomic mass is 16.4. The van der Waals surface area contributed by atoms with Crippen molar-refractivity contribution in [3.8, 4) is 0 Å². The number of unbranched alkanes of at least 4 members (excludes halogenated alkanes) is 10. The molecule has 0 aromatic heterocycles. The van der Waals surface area contributed by atoms with Crippen LogP contribution in [0.15, 0.2) is 24.3 Å². The molecule has 1 rings (SSSR count). The van der Waals surface area contributed by atoms with Gasteiger partial charge in [-0.05, 0) is 38.2 Å². The lowest BCUT2D eigenvalue weighted by atomic mass is 10.1. The minimum absolute atomic E-state index is 0.227. The molecule has 0 saturated carbocycles. The molecule has 0 radical (unpaired) electrons. The minimum atomic E-state index is -1.12. The maximum absolute atomic E-state index is 10.2. The molecule has 1 aromatic carbocycles. The van der Waals surface area contributed by atoms with Gasteiger partial charge in [-0.1, -0.05) is 95.0 Å². The highest BCUT2D eigenvalue weighted by Crippen LogP contribution is 2.04. The fraction of sp³-hybridized carbons (Fsp3) is 0.708. The van der Waals surface area contributed by atoms with Crippen LogP contribution in [-0.2, 0) is 0 Å². The SMILES string of the molecule is CCCCCCCC[NH2+]CCCCCCCC.Cc1ccc(C(=O)[O-])cc1. The molecule has 0 aliphatic carbocycles. The van der Waals surface area contributed by atoms with Crippen molar-refractivity contribution >= 4 is 5.97 Å². The van der Waals surface area contributed by atoms with E-state index in [1.165, 1.54) is 102 Å².